The van der Waals surface area contributed by atoms with Gasteiger partial charge in [-0.15, -0.1) is 0 Å². The lowest BCUT2D eigenvalue weighted by molar-refractivity contribution is -0.385. The molecule has 5 aromatic rings. The zero-order valence-electron chi connectivity index (χ0n) is 21.4. The molecule has 0 aliphatic rings. The Morgan fingerprint density at radius 2 is 1.86 bits per heavy atom. The lowest BCUT2D eigenvalue weighted by Crippen LogP contribution is -2.20. The summed E-state index contributed by atoms with van der Waals surface area (Å²) in [4.78, 5) is 32.1. The van der Waals surface area contributed by atoms with E-state index in [-0.39, 0.29) is 39.8 Å². The van der Waals surface area contributed by atoms with Crippen LogP contribution in [0.1, 0.15) is 11.1 Å². The van der Waals surface area contributed by atoms with E-state index in [1.54, 1.807) is 36.4 Å². The molecule has 42 heavy (non-hydrogen) atoms. The van der Waals surface area contributed by atoms with Crippen molar-refractivity contribution in [1.29, 1.82) is 0 Å². The second kappa shape index (κ2) is 11.4. The molecular formula is C28H17BrF3N5O5. The third kappa shape index (κ3) is 5.83. The van der Waals surface area contributed by atoms with Crippen LogP contribution in [0.3, 0.4) is 0 Å². The van der Waals surface area contributed by atoms with E-state index < -0.39 is 22.2 Å². The highest BCUT2D eigenvalue weighted by Gasteiger charge is 2.31. The molecule has 0 N–H and O–H groups in total. The largest absolute Gasteiger partial charge is 0.493 e. The molecule has 0 saturated carbocycles. The maximum Gasteiger partial charge on any atom is 0.416 e. The van der Waals surface area contributed by atoms with Crippen LogP contribution in [0.5, 0.6) is 17.4 Å². The molecule has 2 aromatic heterocycles. The molecule has 0 aliphatic heterocycles. The molecule has 0 aliphatic carbocycles. The molecule has 0 bridgehead atoms. The van der Waals surface area contributed by atoms with Gasteiger partial charge < -0.3 is 9.47 Å². The van der Waals surface area contributed by atoms with Gasteiger partial charge in [-0.1, -0.05) is 24.3 Å². The first kappa shape index (κ1) is 28.4. The first-order valence-corrected chi connectivity index (χ1v) is 12.7. The summed E-state index contributed by atoms with van der Waals surface area (Å²) in [5.41, 5.74) is -0.917. The number of nitro groups is 1. The molecule has 0 saturated heterocycles. The standard InChI is InChI=1S/C28H17BrF3N5O5/c1-41-23-12-16(11-21(29)25(23)42-24-10-9-19(15-33-24)37(39)40)14-34-36-26(17-5-4-6-18(13-17)28(30,31)32)35-22-8-3-2-7-20(22)27(36)38/h2-15H,1H3. The van der Waals surface area contributed by atoms with Crippen molar-refractivity contribution in [3.8, 4) is 28.8 Å². The molecule has 2 heterocycles. The number of para-hydroxylation sites is 1. The quantitative estimate of drug-likeness (QED) is 0.109. The van der Waals surface area contributed by atoms with Crippen molar-refractivity contribution in [2.24, 2.45) is 5.10 Å². The normalized spacial score (nSPS) is 11.6. The number of alkyl halides is 3. The zero-order chi connectivity index (χ0) is 30.0. The minimum absolute atomic E-state index is 0.0444. The first-order chi connectivity index (χ1) is 20.0. The summed E-state index contributed by atoms with van der Waals surface area (Å²) in [5, 5.41) is 15.4. The summed E-state index contributed by atoms with van der Waals surface area (Å²) in [6.45, 7) is 0. The van der Waals surface area contributed by atoms with Gasteiger partial charge in [0.15, 0.2) is 17.3 Å². The van der Waals surface area contributed by atoms with Crippen LogP contribution < -0.4 is 15.0 Å². The van der Waals surface area contributed by atoms with Gasteiger partial charge in [0.25, 0.3) is 11.2 Å². The number of rotatable bonds is 7. The molecule has 10 nitrogen and oxygen atoms in total. The van der Waals surface area contributed by atoms with Gasteiger partial charge in [-0.2, -0.15) is 22.9 Å². The summed E-state index contributed by atoms with van der Waals surface area (Å²) >= 11 is 3.39. The first-order valence-electron chi connectivity index (χ1n) is 11.9. The fraction of sp³-hybridized carbons (Fsp3) is 0.0714. The fourth-order valence-corrected chi connectivity index (χ4v) is 4.48. The van der Waals surface area contributed by atoms with Gasteiger partial charge >= 0.3 is 6.18 Å². The van der Waals surface area contributed by atoms with Gasteiger partial charge in [0.05, 0.1) is 39.2 Å². The second-order valence-electron chi connectivity index (χ2n) is 8.64. The van der Waals surface area contributed by atoms with Crippen molar-refractivity contribution < 1.29 is 27.6 Å². The third-order valence-electron chi connectivity index (χ3n) is 5.91. The highest BCUT2D eigenvalue weighted by atomic mass is 79.9. The predicted molar refractivity (Wildman–Crippen MR) is 151 cm³/mol. The number of benzene rings is 3. The Balaban J connectivity index is 1.56. The third-order valence-corrected chi connectivity index (χ3v) is 6.50. The van der Waals surface area contributed by atoms with E-state index in [1.165, 1.54) is 37.6 Å². The topological polar surface area (TPSA) is 122 Å². The van der Waals surface area contributed by atoms with Gasteiger partial charge in [-0.3, -0.25) is 14.9 Å². The van der Waals surface area contributed by atoms with E-state index in [9.17, 15) is 28.1 Å². The lowest BCUT2D eigenvalue weighted by Gasteiger charge is -2.13. The Morgan fingerprint density at radius 1 is 1.07 bits per heavy atom. The number of pyridine rings is 1. The van der Waals surface area contributed by atoms with Crippen molar-refractivity contribution in [2.75, 3.05) is 7.11 Å². The van der Waals surface area contributed by atoms with E-state index in [4.69, 9.17) is 9.47 Å². The maximum absolute atomic E-state index is 13.4. The Bertz CT molecular complexity index is 1910. The summed E-state index contributed by atoms with van der Waals surface area (Å²) in [7, 11) is 1.39. The zero-order valence-corrected chi connectivity index (χ0v) is 23.0. The van der Waals surface area contributed by atoms with Crippen molar-refractivity contribution in [3.05, 3.63) is 115 Å². The van der Waals surface area contributed by atoms with E-state index in [0.29, 0.717) is 15.6 Å². The van der Waals surface area contributed by atoms with Crippen molar-refractivity contribution in [1.82, 2.24) is 14.6 Å². The monoisotopic (exact) mass is 639 g/mol. The molecule has 0 spiro atoms. The molecule has 3 aromatic carbocycles. The molecule has 14 heteroatoms. The number of methoxy groups -OCH3 is 1. The van der Waals surface area contributed by atoms with E-state index >= 15 is 0 Å². The molecule has 0 atom stereocenters. The number of nitrogens with zero attached hydrogens (tertiary/aromatic N) is 5. The van der Waals surface area contributed by atoms with Crippen LogP contribution in [0.15, 0.2) is 93.4 Å². The minimum Gasteiger partial charge on any atom is -0.493 e. The SMILES string of the molecule is COc1cc(C=Nn2c(-c3cccc(C(F)(F)F)c3)nc3ccccc3c2=O)cc(Br)c1Oc1ccc([N+](=O)[O-])cn1. The highest BCUT2D eigenvalue weighted by molar-refractivity contribution is 9.10. The molecule has 212 valence electrons. The second-order valence-corrected chi connectivity index (χ2v) is 9.49. The van der Waals surface area contributed by atoms with Gasteiger partial charge in [-0.05, 0) is 57.9 Å². The smallest absolute Gasteiger partial charge is 0.416 e. The molecule has 0 radical (unpaired) electrons. The number of hydrogen-bond donors (Lipinski definition) is 0. The summed E-state index contributed by atoms with van der Waals surface area (Å²) < 4.78 is 52.8. The van der Waals surface area contributed by atoms with E-state index in [0.717, 1.165) is 23.0 Å². The van der Waals surface area contributed by atoms with E-state index in [2.05, 4.69) is 31.0 Å². The van der Waals surface area contributed by atoms with Crippen LogP contribution in [0.25, 0.3) is 22.3 Å². The average Bonchev–Trinajstić information content (AvgIpc) is 2.97. The maximum atomic E-state index is 13.4. The minimum atomic E-state index is -4.60. The molecular weight excluding hydrogens is 623 g/mol. The lowest BCUT2D eigenvalue weighted by atomic mass is 10.1. The van der Waals surface area contributed by atoms with Gasteiger partial charge in [0.1, 0.15) is 6.20 Å². The van der Waals surface area contributed by atoms with Crippen LogP contribution >= 0.6 is 15.9 Å². The van der Waals surface area contributed by atoms with Gasteiger partial charge in [0.2, 0.25) is 5.88 Å². The van der Waals surface area contributed by atoms with Crippen molar-refractivity contribution in [2.45, 2.75) is 6.18 Å². The summed E-state index contributed by atoms with van der Waals surface area (Å²) in [6, 6.07) is 16.6. The molecule has 5 rings (SSSR count). The van der Waals surface area contributed by atoms with Crippen molar-refractivity contribution >= 4 is 38.7 Å². The molecule has 0 amide bonds. The number of hydrogen-bond acceptors (Lipinski definition) is 8. The fourth-order valence-electron chi connectivity index (χ4n) is 3.94. The average molecular weight is 640 g/mol. The Labute approximate surface area is 243 Å². The van der Waals surface area contributed by atoms with E-state index in [1.807, 2.05) is 0 Å². The number of halogens is 4. The Kier molecular flexibility index (Phi) is 7.72. The molecule has 0 fully saturated rings. The highest BCUT2D eigenvalue weighted by Crippen LogP contribution is 2.39. The number of fused-ring (bicyclic) bond motifs is 1. The summed E-state index contributed by atoms with van der Waals surface area (Å²) in [6.07, 6.45) is -2.23. The summed E-state index contributed by atoms with van der Waals surface area (Å²) in [5.74, 6) is 0.426. The predicted octanol–water partition coefficient (Wildman–Crippen LogP) is 6.83. The Hall–Kier alpha value is -5.11. The number of ether oxygens (including phenoxy) is 2. The van der Waals surface area contributed by atoms with Crippen LogP contribution in [-0.4, -0.2) is 32.9 Å². The van der Waals surface area contributed by atoms with Gasteiger partial charge in [-0.25, -0.2) is 9.97 Å². The Morgan fingerprint density at radius 3 is 2.55 bits per heavy atom. The van der Waals surface area contributed by atoms with Crippen LogP contribution in [0, 0.1) is 10.1 Å². The van der Waals surface area contributed by atoms with Crippen LogP contribution in [0.2, 0.25) is 0 Å². The van der Waals surface area contributed by atoms with Crippen LogP contribution in [-0.2, 0) is 6.18 Å². The van der Waals surface area contributed by atoms with Gasteiger partial charge in [0, 0.05) is 17.7 Å². The number of aromatic nitrogens is 3. The molecule has 0 unspecified atom stereocenters. The van der Waals surface area contributed by atoms with Crippen LogP contribution in [0.4, 0.5) is 18.9 Å². The van der Waals surface area contributed by atoms with Crippen molar-refractivity contribution in [3.63, 3.8) is 0 Å².